The van der Waals surface area contributed by atoms with Crippen molar-refractivity contribution in [3.63, 3.8) is 0 Å². The van der Waals surface area contributed by atoms with Gasteiger partial charge in [-0.1, -0.05) is 0 Å². The summed E-state index contributed by atoms with van der Waals surface area (Å²) in [6.45, 7) is 2.70. The summed E-state index contributed by atoms with van der Waals surface area (Å²) in [7, 11) is -3.73. The number of carbonyl (C=O) groups is 1. The minimum absolute atomic E-state index is 0.0151. The van der Waals surface area contributed by atoms with E-state index >= 15 is 0 Å². The summed E-state index contributed by atoms with van der Waals surface area (Å²) in [5, 5.41) is -0.258. The molecule has 2 heterocycles. The largest absolute Gasteiger partial charge is 0.440 e. The molecule has 0 aromatic carbocycles. The predicted octanol–water partition coefficient (Wildman–Crippen LogP) is 0.939. The molecule has 0 spiro atoms. The molecule has 0 saturated carbocycles. The second-order valence-corrected chi connectivity index (χ2v) is 6.20. The zero-order valence-corrected chi connectivity index (χ0v) is 10.8. The Morgan fingerprint density at radius 2 is 2.28 bits per heavy atom. The van der Waals surface area contributed by atoms with Crippen molar-refractivity contribution < 1.29 is 22.4 Å². The van der Waals surface area contributed by atoms with Crippen molar-refractivity contribution in [3.8, 4) is 0 Å². The van der Waals surface area contributed by atoms with Gasteiger partial charge in [-0.15, -0.1) is 0 Å². The highest BCUT2D eigenvalue weighted by Crippen LogP contribution is 2.24. The van der Waals surface area contributed by atoms with Crippen LogP contribution in [-0.2, 0) is 14.8 Å². The lowest BCUT2D eigenvalue weighted by molar-refractivity contribution is 0.0250. The molecule has 1 aliphatic rings. The van der Waals surface area contributed by atoms with Gasteiger partial charge in [0.05, 0.1) is 5.60 Å². The van der Waals surface area contributed by atoms with Crippen LogP contribution in [0.5, 0.6) is 0 Å². The van der Waals surface area contributed by atoms with E-state index < -0.39 is 15.6 Å². The summed E-state index contributed by atoms with van der Waals surface area (Å²) in [5.74, 6) is -0.0151. The normalized spacial score (nSPS) is 24.3. The Labute approximate surface area is 105 Å². The number of hydrogen-bond donors (Lipinski definition) is 1. The van der Waals surface area contributed by atoms with Crippen molar-refractivity contribution in [1.29, 1.82) is 0 Å². The molecule has 1 aromatic heterocycles. The van der Waals surface area contributed by atoms with E-state index in [0.29, 0.717) is 12.9 Å². The van der Waals surface area contributed by atoms with Gasteiger partial charge in [-0.05, 0) is 31.9 Å². The molecule has 100 valence electrons. The number of hydrogen-bond acceptors (Lipinski definition) is 5. The van der Waals surface area contributed by atoms with Crippen LogP contribution in [0.3, 0.4) is 0 Å². The molecule has 6 nitrogen and oxygen atoms in total. The molecule has 0 bridgehead atoms. The highest BCUT2D eigenvalue weighted by Gasteiger charge is 2.32. The number of aldehydes is 1. The average Bonchev–Trinajstić information content (AvgIpc) is 2.96. The summed E-state index contributed by atoms with van der Waals surface area (Å²) < 4.78 is 36.6. The summed E-state index contributed by atoms with van der Waals surface area (Å²) in [4.78, 5) is 10.4. The zero-order valence-electron chi connectivity index (χ0n) is 10.0. The maximum absolute atomic E-state index is 11.9. The van der Waals surface area contributed by atoms with Crippen LogP contribution in [0.1, 0.15) is 30.3 Å². The van der Waals surface area contributed by atoms with Gasteiger partial charge in [0, 0.05) is 13.2 Å². The summed E-state index contributed by atoms with van der Waals surface area (Å²) in [6, 6.07) is 2.57. The number of ether oxygens (including phenoxy) is 1. The lowest BCUT2D eigenvalue weighted by atomic mass is 10.0. The molecule has 1 unspecified atom stereocenters. The molecule has 1 aromatic rings. The van der Waals surface area contributed by atoms with Crippen LogP contribution in [0.15, 0.2) is 21.6 Å². The standard InChI is InChI=1S/C11H15NO5S/c1-11(5-2-6-16-11)8-12-18(14,15)10-4-3-9(7-13)17-10/h3-4,7,12H,2,5-6,8H2,1H3. The maximum Gasteiger partial charge on any atom is 0.274 e. The van der Waals surface area contributed by atoms with Crippen LogP contribution in [-0.4, -0.2) is 33.5 Å². The first-order chi connectivity index (χ1) is 8.45. The summed E-state index contributed by atoms with van der Waals surface area (Å²) >= 11 is 0. The first-order valence-corrected chi connectivity index (χ1v) is 7.12. The van der Waals surface area contributed by atoms with Gasteiger partial charge in [0.15, 0.2) is 12.0 Å². The Kier molecular flexibility index (Phi) is 3.56. The van der Waals surface area contributed by atoms with Crippen molar-refractivity contribution >= 4 is 16.3 Å². The second kappa shape index (κ2) is 4.83. The number of nitrogens with one attached hydrogen (secondary N) is 1. The smallest absolute Gasteiger partial charge is 0.274 e. The van der Waals surface area contributed by atoms with Crippen LogP contribution in [0.4, 0.5) is 0 Å². The lowest BCUT2D eigenvalue weighted by Gasteiger charge is -2.22. The van der Waals surface area contributed by atoms with Gasteiger partial charge in [-0.25, -0.2) is 13.1 Å². The molecule has 0 aliphatic carbocycles. The first kappa shape index (κ1) is 13.3. The number of carbonyl (C=O) groups excluding carboxylic acids is 1. The zero-order chi connectivity index (χ0) is 13.2. The highest BCUT2D eigenvalue weighted by molar-refractivity contribution is 7.89. The van der Waals surface area contributed by atoms with Gasteiger partial charge < -0.3 is 9.15 Å². The third-order valence-electron chi connectivity index (χ3n) is 2.92. The van der Waals surface area contributed by atoms with Gasteiger partial charge in [0.2, 0.25) is 5.09 Å². The van der Waals surface area contributed by atoms with Crippen molar-refractivity contribution in [2.75, 3.05) is 13.2 Å². The topological polar surface area (TPSA) is 85.6 Å². The van der Waals surface area contributed by atoms with Gasteiger partial charge in [-0.2, -0.15) is 0 Å². The number of furan rings is 1. The molecule has 1 saturated heterocycles. The van der Waals surface area contributed by atoms with Gasteiger partial charge >= 0.3 is 0 Å². The van der Waals surface area contributed by atoms with Crippen molar-refractivity contribution in [2.45, 2.75) is 30.5 Å². The molecule has 18 heavy (non-hydrogen) atoms. The Hall–Kier alpha value is -1.18. The van der Waals surface area contributed by atoms with Crippen LogP contribution in [0.25, 0.3) is 0 Å². The Morgan fingerprint density at radius 3 is 2.83 bits per heavy atom. The minimum Gasteiger partial charge on any atom is -0.440 e. The molecule has 1 atom stereocenters. The van der Waals surface area contributed by atoms with E-state index in [1.165, 1.54) is 12.1 Å². The third-order valence-corrected chi connectivity index (χ3v) is 4.19. The Bertz CT molecular complexity index is 527. The quantitative estimate of drug-likeness (QED) is 0.807. The van der Waals surface area contributed by atoms with Crippen LogP contribution in [0.2, 0.25) is 0 Å². The average molecular weight is 273 g/mol. The molecular weight excluding hydrogens is 258 g/mol. The lowest BCUT2D eigenvalue weighted by Crippen LogP contribution is -2.39. The van der Waals surface area contributed by atoms with Crippen molar-refractivity contribution in [2.24, 2.45) is 0 Å². The molecule has 0 amide bonds. The van der Waals surface area contributed by atoms with Gasteiger partial charge in [0.1, 0.15) is 0 Å². The van der Waals surface area contributed by atoms with Crippen molar-refractivity contribution in [3.05, 3.63) is 17.9 Å². The maximum atomic E-state index is 11.9. The predicted molar refractivity (Wildman–Crippen MR) is 62.9 cm³/mol. The highest BCUT2D eigenvalue weighted by atomic mass is 32.2. The third kappa shape index (κ3) is 2.80. The van der Waals surface area contributed by atoms with Crippen molar-refractivity contribution in [1.82, 2.24) is 4.72 Å². The van der Waals surface area contributed by atoms with Gasteiger partial charge in [0.25, 0.3) is 10.0 Å². The molecular formula is C11H15NO5S. The second-order valence-electron chi connectivity index (χ2n) is 4.50. The molecule has 7 heteroatoms. The number of rotatable bonds is 5. The summed E-state index contributed by atoms with van der Waals surface area (Å²) in [5.41, 5.74) is -0.465. The van der Waals surface area contributed by atoms with E-state index in [4.69, 9.17) is 9.15 Å². The molecule has 1 fully saturated rings. The minimum atomic E-state index is -3.73. The number of sulfonamides is 1. The monoisotopic (exact) mass is 273 g/mol. The van der Waals surface area contributed by atoms with Gasteiger partial charge in [-0.3, -0.25) is 4.79 Å². The van der Waals surface area contributed by atoms with E-state index in [-0.39, 0.29) is 17.4 Å². The molecule has 2 rings (SSSR count). The first-order valence-electron chi connectivity index (χ1n) is 5.64. The Morgan fingerprint density at radius 1 is 1.50 bits per heavy atom. The van der Waals surface area contributed by atoms with E-state index in [9.17, 15) is 13.2 Å². The summed E-state index contributed by atoms with van der Waals surface area (Å²) in [6.07, 6.45) is 2.20. The molecule has 1 aliphatic heterocycles. The fourth-order valence-electron chi connectivity index (χ4n) is 1.84. The Balaban J connectivity index is 2.05. The molecule has 1 N–H and O–H groups in total. The fourth-order valence-corrected chi connectivity index (χ4v) is 2.93. The SMILES string of the molecule is CC1(CNS(=O)(=O)c2ccc(C=O)o2)CCCO1. The van der Waals surface area contributed by atoms with E-state index in [1.807, 2.05) is 6.92 Å². The van der Waals surface area contributed by atoms with Crippen LogP contribution in [0, 0.1) is 0 Å². The van der Waals surface area contributed by atoms with Crippen LogP contribution < -0.4 is 4.72 Å². The van der Waals surface area contributed by atoms with E-state index in [0.717, 1.165) is 12.8 Å². The van der Waals surface area contributed by atoms with E-state index in [1.54, 1.807) is 0 Å². The van der Waals surface area contributed by atoms with Crippen LogP contribution >= 0.6 is 0 Å². The fraction of sp³-hybridized carbons (Fsp3) is 0.545. The van der Waals surface area contributed by atoms with E-state index in [2.05, 4.69) is 4.72 Å². The molecule has 0 radical (unpaired) electrons.